The average Bonchev–Trinajstić information content (AvgIpc) is 3.38. The average molecular weight is 462 g/mol. The van der Waals surface area contributed by atoms with Crippen LogP contribution in [-0.2, 0) is 6.54 Å². The van der Waals surface area contributed by atoms with Gasteiger partial charge in [-0.3, -0.25) is 14.6 Å². The summed E-state index contributed by atoms with van der Waals surface area (Å²) in [6, 6.07) is 18.4. The second-order valence-corrected chi connectivity index (χ2v) is 9.18. The Bertz CT molecular complexity index is 1060. The molecule has 34 heavy (non-hydrogen) atoms. The predicted octanol–water partition coefficient (Wildman–Crippen LogP) is 4.49. The Morgan fingerprint density at radius 2 is 1.68 bits per heavy atom. The zero-order valence-electron chi connectivity index (χ0n) is 20.6. The summed E-state index contributed by atoms with van der Waals surface area (Å²) in [6.45, 7) is 13.5. The molecular weight excluding hydrogens is 426 g/mol. The Morgan fingerprint density at radius 3 is 2.29 bits per heavy atom. The van der Waals surface area contributed by atoms with Crippen LogP contribution in [0.25, 0.3) is 11.4 Å². The van der Waals surface area contributed by atoms with Crippen molar-refractivity contribution in [1.29, 1.82) is 0 Å². The van der Waals surface area contributed by atoms with Crippen molar-refractivity contribution < 1.29 is 9.32 Å². The summed E-state index contributed by atoms with van der Waals surface area (Å²) in [5.41, 5.74) is 2.93. The number of nitrogens with zero attached hydrogens (tertiary/aromatic N) is 5. The molecular formula is C27H35N5O2. The zero-order chi connectivity index (χ0) is 24.1. The Balaban J connectivity index is 1.32. The van der Waals surface area contributed by atoms with Gasteiger partial charge in [-0.1, -0.05) is 54.5 Å². The first-order valence-corrected chi connectivity index (χ1v) is 12.2. The van der Waals surface area contributed by atoms with E-state index in [0.29, 0.717) is 30.8 Å². The number of rotatable bonds is 8. The molecule has 1 aliphatic heterocycles. The lowest BCUT2D eigenvalue weighted by atomic mass is 10.1. The van der Waals surface area contributed by atoms with Crippen LogP contribution in [0, 0.1) is 0 Å². The maximum absolute atomic E-state index is 13.1. The zero-order valence-corrected chi connectivity index (χ0v) is 20.6. The molecule has 1 amide bonds. The molecule has 180 valence electrons. The van der Waals surface area contributed by atoms with E-state index in [-0.39, 0.29) is 11.9 Å². The van der Waals surface area contributed by atoms with Gasteiger partial charge in [-0.25, -0.2) is 0 Å². The van der Waals surface area contributed by atoms with Crippen LogP contribution >= 0.6 is 0 Å². The van der Waals surface area contributed by atoms with Crippen molar-refractivity contribution in [1.82, 2.24) is 24.8 Å². The molecule has 0 saturated carbocycles. The van der Waals surface area contributed by atoms with Crippen molar-refractivity contribution in [3.05, 3.63) is 71.6 Å². The van der Waals surface area contributed by atoms with Crippen LogP contribution in [0.4, 0.5) is 0 Å². The lowest BCUT2D eigenvalue weighted by Crippen LogP contribution is -2.49. The minimum absolute atomic E-state index is 0.00367. The Labute approximate surface area is 202 Å². The first kappa shape index (κ1) is 24.1. The molecule has 2 aromatic carbocycles. The van der Waals surface area contributed by atoms with Gasteiger partial charge in [0.2, 0.25) is 11.7 Å². The first-order valence-electron chi connectivity index (χ1n) is 12.2. The lowest BCUT2D eigenvalue weighted by molar-refractivity contribution is 0.0551. The maximum Gasteiger partial charge on any atom is 0.253 e. The Kier molecular flexibility index (Phi) is 7.75. The van der Waals surface area contributed by atoms with Crippen molar-refractivity contribution in [2.75, 3.05) is 32.7 Å². The van der Waals surface area contributed by atoms with Crippen LogP contribution in [0.1, 0.15) is 55.5 Å². The van der Waals surface area contributed by atoms with Gasteiger partial charge in [-0.2, -0.15) is 4.98 Å². The van der Waals surface area contributed by atoms with Crippen LogP contribution in [0.2, 0.25) is 0 Å². The van der Waals surface area contributed by atoms with E-state index in [4.69, 9.17) is 4.52 Å². The number of benzene rings is 2. The maximum atomic E-state index is 13.1. The fraction of sp³-hybridized carbons (Fsp3) is 0.444. The second-order valence-electron chi connectivity index (χ2n) is 9.18. The first-order chi connectivity index (χ1) is 16.5. The van der Waals surface area contributed by atoms with E-state index >= 15 is 0 Å². The summed E-state index contributed by atoms with van der Waals surface area (Å²) in [5, 5.41) is 4.14. The van der Waals surface area contributed by atoms with E-state index in [1.807, 2.05) is 47.4 Å². The molecule has 1 fully saturated rings. The van der Waals surface area contributed by atoms with E-state index in [1.54, 1.807) is 0 Å². The number of piperazine rings is 1. The monoisotopic (exact) mass is 461 g/mol. The van der Waals surface area contributed by atoms with Crippen LogP contribution in [-0.4, -0.2) is 69.5 Å². The summed E-state index contributed by atoms with van der Waals surface area (Å²) >= 11 is 0. The van der Waals surface area contributed by atoms with Gasteiger partial charge >= 0.3 is 0 Å². The molecule has 1 unspecified atom stereocenters. The number of hydrogen-bond acceptors (Lipinski definition) is 6. The Hall–Kier alpha value is -3.03. The molecule has 3 aromatic rings. The molecule has 1 saturated heterocycles. The largest absolute Gasteiger partial charge is 0.337 e. The minimum Gasteiger partial charge on any atom is -0.337 e. The van der Waals surface area contributed by atoms with Crippen LogP contribution in [0.15, 0.2) is 59.1 Å². The van der Waals surface area contributed by atoms with Gasteiger partial charge in [0, 0.05) is 49.9 Å². The van der Waals surface area contributed by atoms with Crippen molar-refractivity contribution in [3.63, 3.8) is 0 Å². The summed E-state index contributed by atoms with van der Waals surface area (Å²) in [4.78, 5) is 24.3. The SMILES string of the molecule is CCN(Cc1ccc(C(=O)N2CCN(C(C)c3nc(-c4ccccc4)no3)CC2)cc1)C(C)C. The topological polar surface area (TPSA) is 65.7 Å². The van der Waals surface area contributed by atoms with Crippen molar-refractivity contribution in [2.24, 2.45) is 0 Å². The van der Waals surface area contributed by atoms with Crippen molar-refractivity contribution >= 4 is 5.91 Å². The predicted molar refractivity (Wildman–Crippen MR) is 133 cm³/mol. The normalized spacial score (nSPS) is 15.8. The number of carbonyl (C=O) groups is 1. The van der Waals surface area contributed by atoms with Gasteiger partial charge in [0.05, 0.1) is 6.04 Å². The number of carbonyl (C=O) groups excluding carboxylic acids is 1. The molecule has 1 atom stereocenters. The second kappa shape index (κ2) is 10.9. The van der Waals surface area contributed by atoms with Gasteiger partial charge < -0.3 is 9.42 Å². The van der Waals surface area contributed by atoms with Gasteiger partial charge in [-0.05, 0) is 45.0 Å². The van der Waals surface area contributed by atoms with Crippen LogP contribution in [0.3, 0.4) is 0 Å². The highest BCUT2D eigenvalue weighted by atomic mass is 16.5. The van der Waals surface area contributed by atoms with Crippen molar-refractivity contribution in [3.8, 4) is 11.4 Å². The molecule has 1 aliphatic rings. The lowest BCUT2D eigenvalue weighted by Gasteiger charge is -2.36. The van der Waals surface area contributed by atoms with Crippen LogP contribution in [0.5, 0.6) is 0 Å². The van der Waals surface area contributed by atoms with E-state index < -0.39 is 0 Å². The third-order valence-electron chi connectivity index (χ3n) is 6.70. The third kappa shape index (κ3) is 5.54. The summed E-state index contributed by atoms with van der Waals surface area (Å²) in [7, 11) is 0. The van der Waals surface area contributed by atoms with Crippen LogP contribution < -0.4 is 0 Å². The van der Waals surface area contributed by atoms with E-state index in [1.165, 1.54) is 5.56 Å². The molecule has 1 aromatic heterocycles. The molecule has 0 bridgehead atoms. The number of hydrogen-bond donors (Lipinski definition) is 0. The fourth-order valence-corrected chi connectivity index (χ4v) is 4.41. The summed E-state index contributed by atoms with van der Waals surface area (Å²) in [5.74, 6) is 1.31. The van der Waals surface area contributed by atoms with Crippen molar-refractivity contribution in [2.45, 2.75) is 46.3 Å². The van der Waals surface area contributed by atoms with Gasteiger partial charge in [0.25, 0.3) is 5.91 Å². The molecule has 7 nitrogen and oxygen atoms in total. The molecule has 4 rings (SSSR count). The van der Waals surface area contributed by atoms with Gasteiger partial charge in [0.15, 0.2) is 0 Å². The third-order valence-corrected chi connectivity index (χ3v) is 6.70. The quantitative estimate of drug-likeness (QED) is 0.493. The van der Waals surface area contributed by atoms with Gasteiger partial charge in [0.1, 0.15) is 0 Å². The Morgan fingerprint density at radius 1 is 1.00 bits per heavy atom. The highest BCUT2D eigenvalue weighted by Gasteiger charge is 2.28. The highest BCUT2D eigenvalue weighted by molar-refractivity contribution is 5.94. The molecule has 0 N–H and O–H groups in total. The minimum atomic E-state index is 0.00367. The summed E-state index contributed by atoms with van der Waals surface area (Å²) < 4.78 is 5.55. The van der Waals surface area contributed by atoms with E-state index in [9.17, 15) is 4.79 Å². The molecule has 0 aliphatic carbocycles. The smallest absolute Gasteiger partial charge is 0.253 e. The summed E-state index contributed by atoms with van der Waals surface area (Å²) in [6.07, 6.45) is 0. The molecule has 7 heteroatoms. The number of amides is 1. The fourth-order valence-electron chi connectivity index (χ4n) is 4.41. The number of aromatic nitrogens is 2. The standard InChI is InChI=1S/C27H35N5O2/c1-5-30(20(2)3)19-22-11-13-24(14-12-22)27(33)32-17-15-31(16-18-32)21(4)26-28-25(29-34-26)23-9-7-6-8-10-23/h6-14,20-21H,5,15-19H2,1-4H3. The molecule has 2 heterocycles. The molecule has 0 spiro atoms. The highest BCUT2D eigenvalue weighted by Crippen LogP contribution is 2.24. The van der Waals surface area contributed by atoms with E-state index in [2.05, 4.69) is 59.8 Å². The van der Waals surface area contributed by atoms with E-state index in [0.717, 1.165) is 37.3 Å². The van der Waals surface area contributed by atoms with Gasteiger partial charge in [-0.15, -0.1) is 0 Å². The molecule has 0 radical (unpaired) electrons.